The topological polar surface area (TPSA) is 162 Å². The molecule has 1 aliphatic carbocycles. The van der Waals surface area contributed by atoms with Gasteiger partial charge in [0.25, 0.3) is 0 Å². The molecule has 0 spiro atoms. The van der Waals surface area contributed by atoms with Gasteiger partial charge in [0.05, 0.1) is 0 Å². The number of benzene rings is 4. The van der Waals surface area contributed by atoms with Crippen LogP contribution in [-0.4, -0.2) is 47.1 Å². The van der Waals surface area contributed by atoms with E-state index in [0.29, 0.717) is 69.0 Å². The molecule has 0 radical (unpaired) electrons. The van der Waals surface area contributed by atoms with E-state index in [0.717, 1.165) is 66.8 Å². The molecule has 5 aliphatic rings. The maximum Gasteiger partial charge on any atom is 0.231 e. The minimum absolute atomic E-state index is 0.196. The van der Waals surface area contributed by atoms with Crippen LogP contribution in [0.2, 0.25) is 0 Å². The van der Waals surface area contributed by atoms with Crippen LogP contribution in [0.1, 0.15) is 118 Å². The zero-order chi connectivity index (χ0) is 51.3. The lowest BCUT2D eigenvalue weighted by molar-refractivity contribution is 0.0818. The van der Waals surface area contributed by atoms with Crippen LogP contribution in [0.15, 0.2) is 122 Å². The zero-order valence-corrected chi connectivity index (χ0v) is 42.2. The summed E-state index contributed by atoms with van der Waals surface area (Å²) < 4.78 is 81.7. The minimum atomic E-state index is -0.399. The summed E-state index contributed by atoms with van der Waals surface area (Å²) in [6, 6.07) is 24.0. The van der Waals surface area contributed by atoms with Crippen molar-refractivity contribution in [3.63, 3.8) is 0 Å². The number of pyridine rings is 4. The highest BCUT2D eigenvalue weighted by Crippen LogP contribution is 2.61. The van der Waals surface area contributed by atoms with Crippen LogP contribution in [0.3, 0.4) is 0 Å². The van der Waals surface area contributed by atoms with Gasteiger partial charge in [0.2, 0.25) is 50.2 Å². The Morgan fingerprint density at radius 3 is 0.645 bits per heavy atom. The molecular formula is C60H52N4O12. The van der Waals surface area contributed by atoms with Crippen molar-refractivity contribution in [1.82, 2.24) is 19.9 Å². The van der Waals surface area contributed by atoms with Gasteiger partial charge in [-0.05, 0) is 95.1 Å². The summed E-state index contributed by atoms with van der Waals surface area (Å²) in [4.78, 5) is 17.0. The van der Waals surface area contributed by atoms with Crippen molar-refractivity contribution in [3.8, 4) is 69.0 Å². The predicted molar refractivity (Wildman–Crippen MR) is 275 cm³/mol. The Kier molecular flexibility index (Phi) is 12.2. The Morgan fingerprint density at radius 2 is 0.474 bits per heavy atom. The first-order valence-corrected chi connectivity index (χ1v) is 25.3. The maximum atomic E-state index is 6.90. The second-order valence-electron chi connectivity index (χ2n) is 19.3. The van der Waals surface area contributed by atoms with Crippen molar-refractivity contribution in [1.29, 1.82) is 0 Å². The molecule has 0 unspecified atom stereocenters. The van der Waals surface area contributed by atoms with Crippen molar-refractivity contribution in [2.75, 3.05) is 27.2 Å². The van der Waals surface area contributed by atoms with Crippen molar-refractivity contribution >= 4 is 0 Å². The largest absolute Gasteiger partial charge is 0.482 e. The maximum absolute atomic E-state index is 6.90. The molecule has 384 valence electrons. The Morgan fingerprint density at radius 1 is 0.303 bits per heavy atom. The molecule has 13 rings (SSSR count). The van der Waals surface area contributed by atoms with Gasteiger partial charge in [0.1, 0.15) is 26.4 Å². The summed E-state index contributed by atoms with van der Waals surface area (Å²) in [6.45, 7) is 8.50. The smallest absolute Gasteiger partial charge is 0.231 e. The van der Waals surface area contributed by atoms with Crippen LogP contribution >= 0.6 is 0 Å². The lowest BCUT2D eigenvalue weighted by Crippen LogP contribution is -2.23. The van der Waals surface area contributed by atoms with Gasteiger partial charge in [0, 0.05) is 118 Å². The molecule has 0 atom stereocenters. The second kappa shape index (κ2) is 19.7. The first kappa shape index (κ1) is 46.8. The van der Waals surface area contributed by atoms with E-state index < -0.39 is 23.7 Å². The average Bonchev–Trinajstić information content (AvgIpc) is 3.54. The van der Waals surface area contributed by atoms with Crippen molar-refractivity contribution in [2.24, 2.45) is 0 Å². The standard InChI is InChI=1S/C60H52N4O12/c1-33-41-21-43-34(2)45-23-47-36(4)48-24-46-35(3)44-22-42(33)50-58(66-26-38-7-15-62-16-8-38)52(44)72-31-74-54(46)60(68-28-40-11-19-64-20-12-40)56(48)76-32-75-55(47)59(67-27-39-9-17-63-18-10-39)53(45)73-30-71-51(43)57(49(41)69-29-70-50)65-25-37-5-13-61-14-6-37/h5-24,33-36H,25-32H2,1-4H3. The van der Waals surface area contributed by atoms with E-state index in [1.165, 1.54) is 0 Å². The molecule has 0 saturated carbocycles. The lowest BCUT2D eigenvalue weighted by atomic mass is 9.79. The number of ether oxygens (including phenoxy) is 12. The highest BCUT2D eigenvalue weighted by atomic mass is 16.7. The molecule has 4 aromatic carbocycles. The van der Waals surface area contributed by atoms with Crippen molar-refractivity contribution < 1.29 is 56.8 Å². The van der Waals surface area contributed by atoms with Crippen LogP contribution in [0.5, 0.6) is 69.0 Å². The van der Waals surface area contributed by atoms with Gasteiger partial charge in [0.15, 0.2) is 46.0 Å². The van der Waals surface area contributed by atoms with Gasteiger partial charge in [-0.3, -0.25) is 19.9 Å². The molecule has 16 heteroatoms. The van der Waals surface area contributed by atoms with Gasteiger partial charge >= 0.3 is 0 Å². The summed E-state index contributed by atoms with van der Waals surface area (Å²) >= 11 is 0. The van der Waals surface area contributed by atoms with Crippen LogP contribution in [0, 0.1) is 0 Å². The Labute approximate surface area is 438 Å². The monoisotopic (exact) mass is 1020 g/mol. The SMILES string of the molecule is CC1c2cc3c4c(OCc5ccncc5)c2OCOc2c1cc1c(c2OCc2ccncc2)OCOc2c(cc5c(c2OCc2ccncc2)OCOc2c(cc(c(c2OCc2ccncc2)OCO4)C3C)C5C)C1C. The summed E-state index contributed by atoms with van der Waals surface area (Å²) in [6.07, 6.45) is 13.9. The Balaban J connectivity index is 1.09. The average molecular weight is 1020 g/mol. The van der Waals surface area contributed by atoms with Gasteiger partial charge in [-0.25, -0.2) is 0 Å². The number of hydrogen-bond acceptors (Lipinski definition) is 16. The number of rotatable bonds is 12. The normalized spacial score (nSPS) is 18.1. The lowest BCUT2D eigenvalue weighted by Gasteiger charge is -2.35. The van der Waals surface area contributed by atoms with E-state index in [1.807, 2.05) is 48.5 Å². The van der Waals surface area contributed by atoms with Crippen molar-refractivity contribution in [2.45, 2.75) is 77.8 Å². The van der Waals surface area contributed by atoms with Gasteiger partial charge in [-0.1, -0.05) is 27.7 Å². The molecule has 0 amide bonds. The van der Waals surface area contributed by atoms with Crippen molar-refractivity contribution in [3.05, 3.63) is 189 Å². The third kappa shape index (κ3) is 8.33. The fourth-order valence-corrected chi connectivity index (χ4v) is 10.7. The first-order chi connectivity index (χ1) is 37.4. The molecule has 76 heavy (non-hydrogen) atoms. The number of aromatic nitrogens is 4. The molecular weight excluding hydrogens is 969 g/mol. The quantitative estimate of drug-likeness (QED) is 0.113. The highest BCUT2D eigenvalue weighted by Gasteiger charge is 2.41. The first-order valence-electron chi connectivity index (χ1n) is 25.3. The van der Waals surface area contributed by atoms with Gasteiger partial charge < -0.3 is 56.8 Å². The minimum Gasteiger partial charge on any atom is -0.482 e. The molecule has 4 aromatic heterocycles. The third-order valence-electron chi connectivity index (χ3n) is 14.9. The summed E-state index contributed by atoms with van der Waals surface area (Å²) in [5.74, 6) is 3.86. The summed E-state index contributed by atoms with van der Waals surface area (Å²) in [5.41, 5.74) is 10.4. The molecule has 0 N–H and O–H groups in total. The van der Waals surface area contributed by atoms with E-state index >= 15 is 0 Å². The van der Waals surface area contributed by atoms with E-state index in [1.54, 1.807) is 49.6 Å². The second-order valence-corrected chi connectivity index (χ2v) is 19.3. The zero-order valence-electron chi connectivity index (χ0n) is 42.2. The molecule has 4 aliphatic heterocycles. The Bertz CT molecular complexity index is 2900. The fraction of sp³-hybridized carbons (Fsp3) is 0.267. The van der Waals surface area contributed by atoms with Crippen LogP contribution < -0.4 is 56.8 Å². The number of nitrogens with zero attached hydrogens (tertiary/aromatic N) is 4. The fourth-order valence-electron chi connectivity index (χ4n) is 10.7. The van der Waals surface area contributed by atoms with E-state index in [-0.39, 0.29) is 53.6 Å². The van der Waals surface area contributed by atoms with Gasteiger partial charge in [-0.15, -0.1) is 0 Å². The highest BCUT2D eigenvalue weighted by molar-refractivity contribution is 5.73. The summed E-state index contributed by atoms with van der Waals surface area (Å²) in [7, 11) is 0. The third-order valence-corrected chi connectivity index (χ3v) is 14.9. The Hall–Kier alpha value is -8.92. The molecule has 8 bridgehead atoms. The van der Waals surface area contributed by atoms with Crippen LogP contribution in [0.25, 0.3) is 0 Å². The van der Waals surface area contributed by atoms with Gasteiger partial charge in [-0.2, -0.15) is 0 Å². The van der Waals surface area contributed by atoms with E-state index in [9.17, 15) is 0 Å². The van der Waals surface area contributed by atoms with Crippen LogP contribution in [-0.2, 0) is 26.4 Å². The molecule has 8 aromatic rings. The van der Waals surface area contributed by atoms with E-state index in [2.05, 4.69) is 71.9 Å². The molecule has 0 fully saturated rings. The predicted octanol–water partition coefficient (Wildman–Crippen LogP) is 11.4. The summed E-state index contributed by atoms with van der Waals surface area (Å²) in [5, 5.41) is 0. The van der Waals surface area contributed by atoms with E-state index in [4.69, 9.17) is 56.8 Å². The number of hydrogen-bond donors (Lipinski definition) is 0. The van der Waals surface area contributed by atoms with Crippen LogP contribution in [0.4, 0.5) is 0 Å². The molecule has 0 saturated heterocycles. The molecule has 8 heterocycles. The molecule has 16 nitrogen and oxygen atoms in total.